The van der Waals surface area contributed by atoms with E-state index < -0.39 is 0 Å². The minimum Gasteiger partial charge on any atom is -0.372 e. The average Bonchev–Trinajstić information content (AvgIpc) is 3.48. The highest BCUT2D eigenvalue weighted by atomic mass is 16.5. The SMILES string of the molecule is CC[C@H]1CN(C(=O)c2nn(CC(=O)N3CCC(C)(c4ccccc4)CC3)c3c2CCC3)C[C@@H](C)O1. The van der Waals surface area contributed by atoms with Crippen LogP contribution in [0.4, 0.5) is 0 Å². The van der Waals surface area contributed by atoms with E-state index in [9.17, 15) is 9.59 Å². The van der Waals surface area contributed by atoms with Crippen LogP contribution in [0.3, 0.4) is 0 Å². The predicted molar refractivity (Wildman–Crippen MR) is 134 cm³/mol. The van der Waals surface area contributed by atoms with Crippen LogP contribution >= 0.6 is 0 Å². The van der Waals surface area contributed by atoms with Crippen LogP contribution in [-0.2, 0) is 34.3 Å². The first-order chi connectivity index (χ1) is 16.9. The van der Waals surface area contributed by atoms with E-state index in [-0.39, 0.29) is 36.0 Å². The van der Waals surface area contributed by atoms with Crippen LogP contribution in [-0.4, -0.2) is 69.8 Å². The molecule has 188 valence electrons. The van der Waals surface area contributed by atoms with Gasteiger partial charge in [0.25, 0.3) is 5.91 Å². The lowest BCUT2D eigenvalue weighted by Crippen LogP contribution is -2.49. The van der Waals surface area contributed by atoms with E-state index in [4.69, 9.17) is 9.84 Å². The second-order valence-corrected chi connectivity index (χ2v) is 10.8. The van der Waals surface area contributed by atoms with Gasteiger partial charge in [-0.15, -0.1) is 0 Å². The lowest BCUT2D eigenvalue weighted by Gasteiger charge is -2.40. The number of carbonyl (C=O) groups is 2. The molecule has 2 aromatic rings. The molecule has 2 amide bonds. The van der Waals surface area contributed by atoms with Gasteiger partial charge in [-0.2, -0.15) is 5.10 Å². The zero-order chi connectivity index (χ0) is 24.6. The maximum atomic E-state index is 13.5. The summed E-state index contributed by atoms with van der Waals surface area (Å²) in [6.45, 7) is 9.33. The van der Waals surface area contributed by atoms with Gasteiger partial charge in [0.2, 0.25) is 5.91 Å². The first-order valence-electron chi connectivity index (χ1n) is 13.2. The Kier molecular flexibility index (Phi) is 6.71. The van der Waals surface area contributed by atoms with Crippen LogP contribution in [0.2, 0.25) is 0 Å². The number of benzene rings is 1. The van der Waals surface area contributed by atoms with E-state index in [2.05, 4.69) is 44.2 Å². The molecule has 5 rings (SSSR count). The third-order valence-corrected chi connectivity index (χ3v) is 8.25. The zero-order valence-electron chi connectivity index (χ0n) is 21.3. The normalized spacial score (nSPS) is 23.9. The fourth-order valence-corrected chi connectivity index (χ4v) is 6.00. The van der Waals surface area contributed by atoms with Crippen molar-refractivity contribution in [3.63, 3.8) is 0 Å². The number of hydrogen-bond acceptors (Lipinski definition) is 4. The van der Waals surface area contributed by atoms with Crippen LogP contribution in [0.1, 0.15) is 73.8 Å². The summed E-state index contributed by atoms with van der Waals surface area (Å²) in [6.07, 6.45) is 5.64. The molecule has 0 saturated carbocycles. The first kappa shape index (κ1) is 24.0. The van der Waals surface area contributed by atoms with Crippen molar-refractivity contribution in [2.75, 3.05) is 26.2 Å². The second-order valence-electron chi connectivity index (χ2n) is 10.8. The van der Waals surface area contributed by atoms with Gasteiger partial charge in [-0.25, -0.2) is 0 Å². The molecule has 2 atom stereocenters. The fourth-order valence-electron chi connectivity index (χ4n) is 6.00. The summed E-state index contributed by atoms with van der Waals surface area (Å²) < 4.78 is 7.77. The minimum atomic E-state index is -0.0143. The summed E-state index contributed by atoms with van der Waals surface area (Å²) in [4.78, 5) is 30.6. The van der Waals surface area contributed by atoms with Gasteiger partial charge in [-0.1, -0.05) is 44.2 Å². The molecule has 7 nitrogen and oxygen atoms in total. The minimum absolute atomic E-state index is 0.0143. The molecule has 2 fully saturated rings. The van der Waals surface area contributed by atoms with Gasteiger partial charge in [0, 0.05) is 37.4 Å². The van der Waals surface area contributed by atoms with Gasteiger partial charge in [-0.05, 0) is 56.4 Å². The Morgan fingerprint density at radius 2 is 1.83 bits per heavy atom. The smallest absolute Gasteiger partial charge is 0.274 e. The van der Waals surface area contributed by atoms with Crippen molar-refractivity contribution in [3.8, 4) is 0 Å². The summed E-state index contributed by atoms with van der Waals surface area (Å²) in [5.74, 6) is 0.0851. The highest BCUT2D eigenvalue weighted by Crippen LogP contribution is 2.35. The molecule has 3 aliphatic rings. The third-order valence-electron chi connectivity index (χ3n) is 8.25. The van der Waals surface area contributed by atoms with Gasteiger partial charge in [0.05, 0.1) is 12.2 Å². The van der Waals surface area contributed by atoms with E-state index in [1.54, 1.807) is 0 Å². The molecule has 0 unspecified atom stereocenters. The molecule has 2 saturated heterocycles. The van der Waals surface area contributed by atoms with Crippen molar-refractivity contribution in [2.45, 2.75) is 83.5 Å². The molecule has 0 radical (unpaired) electrons. The Labute approximate surface area is 208 Å². The largest absolute Gasteiger partial charge is 0.372 e. The number of amides is 2. The highest BCUT2D eigenvalue weighted by molar-refractivity contribution is 5.94. The monoisotopic (exact) mass is 478 g/mol. The zero-order valence-corrected chi connectivity index (χ0v) is 21.3. The maximum absolute atomic E-state index is 13.5. The van der Waals surface area contributed by atoms with Crippen molar-refractivity contribution in [1.29, 1.82) is 0 Å². The number of likely N-dealkylation sites (tertiary alicyclic amines) is 1. The Morgan fingerprint density at radius 3 is 2.54 bits per heavy atom. The molecule has 35 heavy (non-hydrogen) atoms. The van der Waals surface area contributed by atoms with E-state index in [0.29, 0.717) is 18.8 Å². The molecule has 1 aromatic heterocycles. The van der Waals surface area contributed by atoms with Gasteiger partial charge in [0.1, 0.15) is 6.54 Å². The van der Waals surface area contributed by atoms with Crippen molar-refractivity contribution >= 4 is 11.8 Å². The first-order valence-corrected chi connectivity index (χ1v) is 13.2. The van der Waals surface area contributed by atoms with Gasteiger partial charge < -0.3 is 14.5 Å². The van der Waals surface area contributed by atoms with Crippen LogP contribution in [0.25, 0.3) is 0 Å². The third kappa shape index (κ3) is 4.75. The van der Waals surface area contributed by atoms with Crippen molar-refractivity contribution in [3.05, 3.63) is 52.8 Å². The van der Waals surface area contributed by atoms with E-state index in [1.165, 1.54) is 5.56 Å². The van der Waals surface area contributed by atoms with Crippen molar-refractivity contribution in [2.24, 2.45) is 0 Å². The molecule has 7 heteroatoms. The molecule has 0 bridgehead atoms. The summed E-state index contributed by atoms with van der Waals surface area (Å²) >= 11 is 0. The summed E-state index contributed by atoms with van der Waals surface area (Å²) in [5, 5.41) is 4.73. The molecule has 2 aliphatic heterocycles. The van der Waals surface area contributed by atoms with Crippen molar-refractivity contribution < 1.29 is 14.3 Å². The lowest BCUT2D eigenvalue weighted by atomic mass is 9.74. The Balaban J connectivity index is 1.27. The van der Waals surface area contributed by atoms with Crippen molar-refractivity contribution in [1.82, 2.24) is 19.6 Å². The average molecular weight is 479 g/mol. The fraction of sp³-hybridized carbons (Fsp3) is 0.607. The number of morpholine rings is 1. The Bertz CT molecular complexity index is 1070. The summed E-state index contributed by atoms with van der Waals surface area (Å²) in [5.41, 5.74) is 4.12. The number of piperidine rings is 1. The number of fused-ring (bicyclic) bond motifs is 1. The second kappa shape index (κ2) is 9.76. The van der Waals surface area contributed by atoms with Crippen LogP contribution < -0.4 is 0 Å². The number of nitrogens with zero attached hydrogens (tertiary/aromatic N) is 4. The number of rotatable bonds is 5. The number of carbonyl (C=O) groups excluding carboxylic acids is 2. The standard InChI is InChI=1S/C28H38N4O3/c1-4-22-18-31(17-20(2)35-22)27(34)26-23-11-8-12-24(23)32(29-26)19-25(33)30-15-13-28(3,14-16-30)21-9-6-5-7-10-21/h5-7,9-10,20,22H,4,8,11-19H2,1-3H3/t20-,22+/m1/s1. The van der Waals surface area contributed by atoms with Gasteiger partial charge in [0.15, 0.2) is 5.69 Å². The summed E-state index contributed by atoms with van der Waals surface area (Å²) in [6, 6.07) is 10.6. The van der Waals surface area contributed by atoms with E-state index in [0.717, 1.165) is 62.9 Å². The number of aromatic nitrogens is 2. The Morgan fingerprint density at radius 1 is 1.09 bits per heavy atom. The molecule has 1 aliphatic carbocycles. The predicted octanol–water partition coefficient (Wildman–Crippen LogP) is 3.59. The number of ether oxygens (including phenoxy) is 1. The maximum Gasteiger partial charge on any atom is 0.274 e. The van der Waals surface area contributed by atoms with E-state index >= 15 is 0 Å². The highest BCUT2D eigenvalue weighted by Gasteiger charge is 2.36. The van der Waals surface area contributed by atoms with Gasteiger partial charge in [-0.3, -0.25) is 14.3 Å². The van der Waals surface area contributed by atoms with Crippen LogP contribution in [0, 0.1) is 0 Å². The topological polar surface area (TPSA) is 67.7 Å². The van der Waals surface area contributed by atoms with Gasteiger partial charge >= 0.3 is 0 Å². The van der Waals surface area contributed by atoms with Crippen LogP contribution in [0.5, 0.6) is 0 Å². The number of hydrogen-bond donors (Lipinski definition) is 0. The molecular formula is C28H38N4O3. The summed E-state index contributed by atoms with van der Waals surface area (Å²) in [7, 11) is 0. The quantitative estimate of drug-likeness (QED) is 0.659. The molecule has 1 aromatic carbocycles. The lowest BCUT2D eigenvalue weighted by molar-refractivity contribution is -0.133. The van der Waals surface area contributed by atoms with Crippen LogP contribution in [0.15, 0.2) is 30.3 Å². The molecular weight excluding hydrogens is 440 g/mol. The molecule has 3 heterocycles. The van der Waals surface area contributed by atoms with E-state index in [1.807, 2.05) is 21.4 Å². The molecule has 0 N–H and O–H groups in total. The Hall–Kier alpha value is -2.67. The molecule has 0 spiro atoms.